The van der Waals surface area contributed by atoms with E-state index in [1.54, 1.807) is 37.6 Å². The van der Waals surface area contributed by atoms with Crippen molar-refractivity contribution in [1.29, 1.82) is 0 Å². The molecule has 0 aliphatic heterocycles. The summed E-state index contributed by atoms with van der Waals surface area (Å²) in [7, 11) is 3.05. The van der Waals surface area contributed by atoms with Gasteiger partial charge in [-0.1, -0.05) is 0 Å². The molecule has 0 fully saturated rings. The van der Waals surface area contributed by atoms with E-state index in [1.807, 2.05) is 0 Å². The molecule has 0 saturated carbocycles. The first-order valence-corrected chi connectivity index (χ1v) is 7.18. The van der Waals surface area contributed by atoms with E-state index in [1.165, 1.54) is 17.9 Å². The summed E-state index contributed by atoms with van der Waals surface area (Å²) in [6, 6.07) is 8.05. The molecule has 1 aromatic heterocycles. The number of nitrogens with zero attached hydrogens (tertiary/aromatic N) is 2. The Labute approximate surface area is 133 Å². The maximum Gasteiger partial charge on any atom is 0.266 e. The van der Waals surface area contributed by atoms with Gasteiger partial charge in [0, 0.05) is 31.4 Å². The van der Waals surface area contributed by atoms with Crippen LogP contribution in [-0.2, 0) is 6.54 Å². The van der Waals surface area contributed by atoms with Gasteiger partial charge in [-0.25, -0.2) is 4.68 Å². The van der Waals surface area contributed by atoms with Crippen molar-refractivity contribution in [1.82, 2.24) is 15.1 Å². The largest absolute Gasteiger partial charge is 0.497 e. The quantitative estimate of drug-likeness (QED) is 0.773. The maximum atomic E-state index is 12.2. The minimum atomic E-state index is -0.238. The molecular weight excluding hydrogens is 298 g/mol. The third kappa shape index (κ3) is 4.32. The molecule has 2 aromatic rings. The lowest BCUT2D eigenvalue weighted by atomic mass is 10.1. The second kappa shape index (κ2) is 7.98. The first-order valence-electron chi connectivity index (χ1n) is 7.18. The lowest BCUT2D eigenvalue weighted by Gasteiger charge is -2.11. The monoisotopic (exact) mass is 317 g/mol. The zero-order chi connectivity index (χ0) is 16.7. The minimum Gasteiger partial charge on any atom is -0.497 e. The number of benzene rings is 1. The Morgan fingerprint density at radius 3 is 2.78 bits per heavy atom. The van der Waals surface area contributed by atoms with Gasteiger partial charge in [0.05, 0.1) is 19.8 Å². The molecule has 7 nitrogen and oxygen atoms in total. The van der Waals surface area contributed by atoms with E-state index in [2.05, 4.69) is 10.4 Å². The molecule has 7 heteroatoms. The van der Waals surface area contributed by atoms with E-state index in [0.29, 0.717) is 36.6 Å². The number of nitrogens with one attached hydrogen (secondary N) is 1. The Bertz CT molecular complexity index is 727. The predicted octanol–water partition coefficient (Wildman–Crippen LogP) is 1.08. The van der Waals surface area contributed by atoms with Gasteiger partial charge in [0.2, 0.25) is 0 Å². The number of hydrogen-bond acceptors (Lipinski definition) is 5. The lowest BCUT2D eigenvalue weighted by molar-refractivity contribution is 0.0949. The number of methoxy groups -OCH3 is 2. The summed E-state index contributed by atoms with van der Waals surface area (Å²) in [5, 5.41) is 6.76. The maximum absolute atomic E-state index is 12.2. The summed E-state index contributed by atoms with van der Waals surface area (Å²) >= 11 is 0. The first-order chi connectivity index (χ1) is 11.2. The molecule has 0 bridgehead atoms. The normalized spacial score (nSPS) is 10.2. The van der Waals surface area contributed by atoms with Crippen LogP contribution in [0.3, 0.4) is 0 Å². The van der Waals surface area contributed by atoms with Crippen molar-refractivity contribution in [2.75, 3.05) is 20.8 Å². The van der Waals surface area contributed by atoms with Crippen molar-refractivity contribution >= 4 is 5.91 Å². The number of rotatable bonds is 7. The van der Waals surface area contributed by atoms with Gasteiger partial charge < -0.3 is 14.8 Å². The molecule has 0 radical (unpaired) electrons. The van der Waals surface area contributed by atoms with Crippen molar-refractivity contribution in [2.45, 2.75) is 13.0 Å². The van der Waals surface area contributed by atoms with Crippen LogP contribution in [0.2, 0.25) is 0 Å². The topological polar surface area (TPSA) is 82.5 Å². The van der Waals surface area contributed by atoms with Gasteiger partial charge in [0.1, 0.15) is 11.5 Å². The molecule has 0 aliphatic rings. The number of carbonyl (C=O) groups excluding carboxylic acids is 1. The summed E-state index contributed by atoms with van der Waals surface area (Å²) in [6.07, 6.45) is 2.16. The minimum absolute atomic E-state index is 0.157. The molecule has 2 rings (SSSR count). The van der Waals surface area contributed by atoms with E-state index in [-0.39, 0.29) is 11.5 Å². The number of aryl methyl sites for hydroxylation is 1. The van der Waals surface area contributed by atoms with Gasteiger partial charge in [-0.2, -0.15) is 5.10 Å². The molecule has 1 amide bonds. The van der Waals surface area contributed by atoms with Crippen LogP contribution in [0.4, 0.5) is 0 Å². The second-order valence-electron chi connectivity index (χ2n) is 4.76. The van der Waals surface area contributed by atoms with Crippen LogP contribution in [0.1, 0.15) is 16.8 Å². The van der Waals surface area contributed by atoms with Crippen LogP contribution in [-0.4, -0.2) is 36.5 Å². The fraction of sp³-hybridized carbons (Fsp3) is 0.312. The Morgan fingerprint density at radius 1 is 1.26 bits per heavy atom. The van der Waals surface area contributed by atoms with Crippen molar-refractivity contribution < 1.29 is 14.3 Å². The van der Waals surface area contributed by atoms with Gasteiger partial charge in [-0.3, -0.25) is 9.59 Å². The lowest BCUT2D eigenvalue weighted by Crippen LogP contribution is -2.28. The van der Waals surface area contributed by atoms with Crippen LogP contribution in [0, 0.1) is 0 Å². The number of amides is 1. The molecule has 0 spiro atoms. The molecule has 0 aliphatic carbocycles. The average molecular weight is 317 g/mol. The van der Waals surface area contributed by atoms with Crippen LogP contribution in [0.15, 0.2) is 41.3 Å². The van der Waals surface area contributed by atoms with Crippen molar-refractivity contribution in [3.05, 3.63) is 52.4 Å². The summed E-state index contributed by atoms with van der Waals surface area (Å²) < 4.78 is 11.7. The van der Waals surface area contributed by atoms with Crippen LogP contribution >= 0.6 is 0 Å². The van der Waals surface area contributed by atoms with Gasteiger partial charge in [-0.05, 0) is 24.6 Å². The number of hydrogen-bond donors (Lipinski definition) is 1. The number of ether oxygens (including phenoxy) is 2. The fourth-order valence-electron chi connectivity index (χ4n) is 2.07. The van der Waals surface area contributed by atoms with E-state index >= 15 is 0 Å². The molecular formula is C16H19N3O4. The second-order valence-corrected chi connectivity index (χ2v) is 4.76. The Morgan fingerprint density at radius 2 is 2.09 bits per heavy atom. The smallest absolute Gasteiger partial charge is 0.266 e. The highest BCUT2D eigenvalue weighted by Gasteiger charge is 2.12. The summed E-state index contributed by atoms with van der Waals surface area (Å²) in [4.78, 5) is 23.7. The highest BCUT2D eigenvalue weighted by atomic mass is 16.5. The zero-order valence-corrected chi connectivity index (χ0v) is 13.1. The Hall–Kier alpha value is -2.83. The molecule has 1 N–H and O–H groups in total. The van der Waals surface area contributed by atoms with Gasteiger partial charge >= 0.3 is 0 Å². The van der Waals surface area contributed by atoms with E-state index < -0.39 is 0 Å². The zero-order valence-electron chi connectivity index (χ0n) is 13.1. The third-order valence-corrected chi connectivity index (χ3v) is 3.27. The van der Waals surface area contributed by atoms with E-state index in [0.717, 1.165) is 0 Å². The van der Waals surface area contributed by atoms with Crippen LogP contribution < -0.4 is 20.3 Å². The number of carbonyl (C=O) groups is 1. The predicted molar refractivity (Wildman–Crippen MR) is 85.0 cm³/mol. The molecule has 0 atom stereocenters. The SMILES string of the molecule is COc1ccc(C(=O)NCCCn2ncccc2=O)c(OC)c1. The van der Waals surface area contributed by atoms with Crippen molar-refractivity contribution in [2.24, 2.45) is 0 Å². The molecule has 122 valence electrons. The third-order valence-electron chi connectivity index (χ3n) is 3.27. The first kappa shape index (κ1) is 16.5. The van der Waals surface area contributed by atoms with Crippen LogP contribution in [0.25, 0.3) is 0 Å². The van der Waals surface area contributed by atoms with Gasteiger partial charge in [0.25, 0.3) is 11.5 Å². The highest BCUT2D eigenvalue weighted by molar-refractivity contribution is 5.97. The standard InChI is InChI=1S/C16H19N3O4/c1-22-12-6-7-13(14(11-12)23-2)16(21)17-8-4-10-19-15(20)5-3-9-18-19/h3,5-7,9,11H,4,8,10H2,1-2H3,(H,17,21). The van der Waals surface area contributed by atoms with E-state index in [9.17, 15) is 9.59 Å². The summed E-state index contributed by atoms with van der Waals surface area (Å²) in [6.45, 7) is 0.872. The van der Waals surface area contributed by atoms with Gasteiger partial charge in [0.15, 0.2) is 0 Å². The van der Waals surface area contributed by atoms with Crippen molar-refractivity contribution in [3.8, 4) is 11.5 Å². The number of aromatic nitrogens is 2. The highest BCUT2D eigenvalue weighted by Crippen LogP contribution is 2.24. The fourth-order valence-corrected chi connectivity index (χ4v) is 2.07. The summed E-state index contributed by atoms with van der Waals surface area (Å²) in [5.41, 5.74) is 0.277. The van der Waals surface area contributed by atoms with Crippen molar-refractivity contribution in [3.63, 3.8) is 0 Å². The molecule has 0 unspecified atom stereocenters. The molecule has 1 heterocycles. The Balaban J connectivity index is 1.90. The summed E-state index contributed by atoms with van der Waals surface area (Å²) in [5.74, 6) is 0.827. The average Bonchev–Trinajstić information content (AvgIpc) is 2.59. The van der Waals surface area contributed by atoms with Crippen LogP contribution in [0.5, 0.6) is 11.5 Å². The van der Waals surface area contributed by atoms with E-state index in [4.69, 9.17) is 9.47 Å². The molecule has 1 aromatic carbocycles. The Kier molecular flexibility index (Phi) is 5.74. The van der Waals surface area contributed by atoms with Gasteiger partial charge in [-0.15, -0.1) is 0 Å². The molecule has 23 heavy (non-hydrogen) atoms. The molecule has 0 saturated heterocycles.